The van der Waals surface area contributed by atoms with Gasteiger partial charge >= 0.3 is 0 Å². The fourth-order valence-electron chi connectivity index (χ4n) is 2.96. The Bertz CT molecular complexity index is 219. The van der Waals surface area contributed by atoms with Gasteiger partial charge in [0.2, 0.25) is 0 Å². The van der Waals surface area contributed by atoms with Gasteiger partial charge in [-0.2, -0.15) is 11.8 Å². The minimum Gasteiger partial charge on any atom is -0.315 e. The van der Waals surface area contributed by atoms with Crippen molar-refractivity contribution in [3.05, 3.63) is 0 Å². The van der Waals surface area contributed by atoms with Crippen LogP contribution in [0.4, 0.5) is 0 Å². The Hall–Kier alpha value is 0.230. The van der Waals surface area contributed by atoms with Crippen LogP contribution >= 0.6 is 11.8 Å². The van der Waals surface area contributed by atoms with Crippen LogP contribution in [-0.2, 0) is 0 Å². The average Bonchev–Trinajstić information content (AvgIpc) is 2.42. The van der Waals surface area contributed by atoms with Gasteiger partial charge in [0.05, 0.1) is 0 Å². The van der Waals surface area contributed by atoms with Crippen LogP contribution in [0, 0.1) is 0 Å². The Morgan fingerprint density at radius 2 is 1.94 bits per heavy atom. The Morgan fingerprint density at radius 3 is 2.72 bits per heavy atom. The molecule has 3 nitrogen and oxygen atoms in total. The normalized spacial score (nSPS) is 27.5. The topological polar surface area (TPSA) is 18.5 Å². The lowest BCUT2D eigenvalue weighted by atomic mass is 10.0. The van der Waals surface area contributed by atoms with E-state index in [0.29, 0.717) is 0 Å². The quantitative estimate of drug-likeness (QED) is 0.738. The summed E-state index contributed by atoms with van der Waals surface area (Å²) in [6.07, 6.45) is 5.56. The van der Waals surface area contributed by atoms with Crippen molar-refractivity contribution in [3.8, 4) is 0 Å². The number of hydrogen-bond donors (Lipinski definition) is 1. The molecule has 106 valence electrons. The van der Waals surface area contributed by atoms with Gasteiger partial charge in [0, 0.05) is 43.7 Å². The molecule has 0 spiro atoms. The summed E-state index contributed by atoms with van der Waals surface area (Å²) in [6, 6.07) is 0.831. The standard InChI is InChI=1S/C14H29N3S/c1-16-8-3-2-4-14(16)5-6-15-7-9-17-10-12-18-13-11-17/h14-15H,2-13H2,1H3. The second-order valence-electron chi connectivity index (χ2n) is 5.62. The highest BCUT2D eigenvalue weighted by atomic mass is 32.2. The predicted octanol–water partition coefficient (Wildman–Crippen LogP) is 1.50. The highest BCUT2D eigenvalue weighted by Gasteiger charge is 2.17. The molecule has 2 aliphatic rings. The fourth-order valence-corrected chi connectivity index (χ4v) is 3.94. The lowest BCUT2D eigenvalue weighted by molar-refractivity contribution is 0.175. The molecule has 1 atom stereocenters. The summed E-state index contributed by atoms with van der Waals surface area (Å²) in [5.41, 5.74) is 0. The highest BCUT2D eigenvalue weighted by Crippen LogP contribution is 2.17. The average molecular weight is 271 g/mol. The van der Waals surface area contributed by atoms with E-state index in [0.717, 1.165) is 6.04 Å². The van der Waals surface area contributed by atoms with Gasteiger partial charge < -0.3 is 15.1 Å². The first-order valence-electron chi connectivity index (χ1n) is 7.57. The van der Waals surface area contributed by atoms with Gasteiger partial charge in [-0.3, -0.25) is 0 Å². The van der Waals surface area contributed by atoms with E-state index in [4.69, 9.17) is 0 Å². The highest BCUT2D eigenvalue weighted by molar-refractivity contribution is 7.99. The predicted molar refractivity (Wildman–Crippen MR) is 81.5 cm³/mol. The van der Waals surface area contributed by atoms with Crippen LogP contribution in [0.25, 0.3) is 0 Å². The zero-order valence-corrected chi connectivity index (χ0v) is 12.7. The Morgan fingerprint density at radius 1 is 1.11 bits per heavy atom. The maximum Gasteiger partial charge on any atom is 0.0107 e. The first kappa shape index (κ1) is 14.6. The van der Waals surface area contributed by atoms with Crippen molar-refractivity contribution in [2.75, 3.05) is 57.8 Å². The molecule has 0 saturated carbocycles. The lowest BCUT2D eigenvalue weighted by Gasteiger charge is -2.32. The molecular weight excluding hydrogens is 242 g/mol. The van der Waals surface area contributed by atoms with Crippen LogP contribution in [-0.4, -0.2) is 73.7 Å². The first-order valence-corrected chi connectivity index (χ1v) is 8.73. The van der Waals surface area contributed by atoms with E-state index in [1.54, 1.807) is 0 Å². The van der Waals surface area contributed by atoms with Crippen molar-refractivity contribution in [2.24, 2.45) is 0 Å². The SMILES string of the molecule is CN1CCCCC1CCNCCN1CCSCC1. The number of piperidine rings is 1. The molecule has 0 aromatic rings. The third kappa shape index (κ3) is 5.08. The largest absolute Gasteiger partial charge is 0.315 e. The van der Waals surface area contributed by atoms with E-state index in [1.165, 1.54) is 76.5 Å². The van der Waals surface area contributed by atoms with Crippen molar-refractivity contribution in [1.29, 1.82) is 0 Å². The molecule has 0 amide bonds. The van der Waals surface area contributed by atoms with Crippen LogP contribution in [0.3, 0.4) is 0 Å². The molecule has 0 radical (unpaired) electrons. The summed E-state index contributed by atoms with van der Waals surface area (Å²) < 4.78 is 0. The van der Waals surface area contributed by atoms with Crippen molar-refractivity contribution in [2.45, 2.75) is 31.7 Å². The molecule has 2 rings (SSSR count). The van der Waals surface area contributed by atoms with Crippen molar-refractivity contribution in [1.82, 2.24) is 15.1 Å². The molecule has 2 fully saturated rings. The van der Waals surface area contributed by atoms with Crippen LogP contribution in [0.2, 0.25) is 0 Å². The molecule has 1 unspecified atom stereocenters. The molecule has 2 aliphatic heterocycles. The first-order chi connectivity index (χ1) is 8.86. The van der Waals surface area contributed by atoms with Gasteiger partial charge in [-0.05, 0) is 39.4 Å². The third-order valence-corrected chi connectivity index (χ3v) is 5.23. The molecular formula is C14H29N3S. The maximum atomic E-state index is 3.63. The zero-order chi connectivity index (χ0) is 12.6. The molecule has 4 heteroatoms. The number of nitrogens with one attached hydrogen (secondary N) is 1. The van der Waals surface area contributed by atoms with Crippen LogP contribution in [0.15, 0.2) is 0 Å². The van der Waals surface area contributed by atoms with E-state index in [1.807, 2.05) is 0 Å². The van der Waals surface area contributed by atoms with Crippen LogP contribution in [0.1, 0.15) is 25.7 Å². The smallest absolute Gasteiger partial charge is 0.0107 e. The number of likely N-dealkylation sites (tertiary alicyclic amines) is 1. The van der Waals surface area contributed by atoms with E-state index in [-0.39, 0.29) is 0 Å². The summed E-state index contributed by atoms with van der Waals surface area (Å²) in [4.78, 5) is 5.14. The second kappa shape index (κ2) is 8.41. The molecule has 0 aromatic heterocycles. The van der Waals surface area contributed by atoms with Crippen LogP contribution in [0.5, 0.6) is 0 Å². The summed E-state index contributed by atoms with van der Waals surface area (Å²) >= 11 is 2.09. The molecule has 0 bridgehead atoms. The van der Waals surface area contributed by atoms with Crippen molar-refractivity contribution in [3.63, 3.8) is 0 Å². The van der Waals surface area contributed by atoms with Crippen molar-refractivity contribution >= 4 is 11.8 Å². The van der Waals surface area contributed by atoms with E-state index in [2.05, 4.69) is 33.9 Å². The number of thioether (sulfide) groups is 1. The minimum absolute atomic E-state index is 0.831. The Balaban J connectivity index is 1.47. The zero-order valence-electron chi connectivity index (χ0n) is 11.9. The molecule has 18 heavy (non-hydrogen) atoms. The van der Waals surface area contributed by atoms with Crippen LogP contribution < -0.4 is 5.32 Å². The van der Waals surface area contributed by atoms with Gasteiger partial charge in [-0.25, -0.2) is 0 Å². The molecule has 0 aromatic carbocycles. The fraction of sp³-hybridized carbons (Fsp3) is 1.00. The third-order valence-electron chi connectivity index (χ3n) is 4.28. The van der Waals surface area contributed by atoms with E-state index < -0.39 is 0 Å². The Kier molecular flexibility index (Phi) is 6.84. The maximum absolute atomic E-state index is 3.63. The molecule has 0 aliphatic carbocycles. The number of hydrogen-bond acceptors (Lipinski definition) is 4. The van der Waals surface area contributed by atoms with Gasteiger partial charge in [0.25, 0.3) is 0 Å². The summed E-state index contributed by atoms with van der Waals surface area (Å²) in [7, 11) is 2.29. The van der Waals surface area contributed by atoms with E-state index in [9.17, 15) is 0 Å². The Labute approximate surface area is 117 Å². The summed E-state index contributed by atoms with van der Waals surface area (Å²) in [6.45, 7) is 7.48. The molecule has 2 saturated heterocycles. The van der Waals surface area contributed by atoms with E-state index >= 15 is 0 Å². The molecule has 1 N–H and O–H groups in total. The second-order valence-corrected chi connectivity index (χ2v) is 6.85. The van der Waals surface area contributed by atoms with Gasteiger partial charge in [-0.1, -0.05) is 6.42 Å². The monoisotopic (exact) mass is 271 g/mol. The summed E-state index contributed by atoms with van der Waals surface area (Å²) in [5, 5.41) is 3.63. The summed E-state index contributed by atoms with van der Waals surface area (Å²) in [5.74, 6) is 2.65. The van der Waals surface area contributed by atoms with Gasteiger partial charge in [-0.15, -0.1) is 0 Å². The van der Waals surface area contributed by atoms with Crippen molar-refractivity contribution < 1.29 is 0 Å². The number of nitrogens with zero attached hydrogens (tertiary/aromatic N) is 2. The lowest BCUT2D eigenvalue weighted by Crippen LogP contribution is -2.40. The number of rotatable bonds is 6. The van der Waals surface area contributed by atoms with Gasteiger partial charge in [0.1, 0.15) is 0 Å². The van der Waals surface area contributed by atoms with Gasteiger partial charge in [0.15, 0.2) is 0 Å². The minimum atomic E-state index is 0.831. The molecule has 2 heterocycles.